The minimum absolute atomic E-state index is 0.285. The molecule has 0 bridgehead atoms. The van der Waals surface area contributed by atoms with Crippen molar-refractivity contribution in [1.82, 2.24) is 9.97 Å². The number of hydrogen-bond acceptors (Lipinski definition) is 1. The molecule has 0 saturated heterocycles. The molecular weight excluding hydrogens is 366 g/mol. The van der Waals surface area contributed by atoms with E-state index >= 15 is 4.39 Å². The van der Waals surface area contributed by atoms with Gasteiger partial charge in [0.25, 0.3) is 0 Å². The van der Waals surface area contributed by atoms with Crippen molar-refractivity contribution in [2.45, 2.75) is 25.7 Å². The average Bonchev–Trinajstić information content (AvgIpc) is 3.20. The summed E-state index contributed by atoms with van der Waals surface area (Å²) >= 11 is 0. The Morgan fingerprint density at radius 3 is 2.48 bits per heavy atom. The highest BCUT2D eigenvalue weighted by atomic mass is 19.1. The molecular formula is C25H20F2N2. The Morgan fingerprint density at radius 2 is 1.69 bits per heavy atom. The molecule has 29 heavy (non-hydrogen) atoms. The predicted molar refractivity (Wildman–Crippen MR) is 113 cm³/mol. The van der Waals surface area contributed by atoms with E-state index in [1.165, 1.54) is 24.1 Å². The van der Waals surface area contributed by atoms with Crippen molar-refractivity contribution in [2.75, 3.05) is 0 Å². The van der Waals surface area contributed by atoms with Gasteiger partial charge in [0, 0.05) is 10.9 Å². The van der Waals surface area contributed by atoms with Crippen LogP contribution >= 0.6 is 0 Å². The van der Waals surface area contributed by atoms with E-state index in [4.69, 9.17) is 4.98 Å². The molecule has 5 rings (SSSR count). The van der Waals surface area contributed by atoms with Gasteiger partial charge in [0.1, 0.15) is 17.5 Å². The fourth-order valence-electron chi connectivity index (χ4n) is 4.03. The van der Waals surface area contributed by atoms with Crippen LogP contribution < -0.4 is 0 Å². The molecule has 0 saturated carbocycles. The zero-order chi connectivity index (χ0) is 19.8. The summed E-state index contributed by atoms with van der Waals surface area (Å²) in [5.74, 6) is -0.0794. The number of fused-ring (bicyclic) bond motifs is 1. The van der Waals surface area contributed by atoms with Crippen LogP contribution in [0.5, 0.6) is 0 Å². The Kier molecular flexibility index (Phi) is 4.47. The molecule has 1 aliphatic carbocycles. The number of allylic oxidation sites excluding steroid dienone is 2. The van der Waals surface area contributed by atoms with E-state index in [0.717, 1.165) is 41.6 Å². The highest BCUT2D eigenvalue weighted by molar-refractivity contribution is 5.88. The molecule has 1 heterocycles. The summed E-state index contributed by atoms with van der Waals surface area (Å²) in [6.07, 6.45) is 6.50. The van der Waals surface area contributed by atoms with Crippen molar-refractivity contribution in [3.05, 3.63) is 84.1 Å². The number of aromatic nitrogens is 2. The van der Waals surface area contributed by atoms with Gasteiger partial charge in [-0.1, -0.05) is 36.4 Å². The second-order valence-electron chi connectivity index (χ2n) is 7.44. The SMILES string of the molecule is Fc1ccc(-c2nc(-c3ccc4ccccc4c3F)[nH]c2C2=CCCCC2)cc1. The maximum atomic E-state index is 15.3. The van der Waals surface area contributed by atoms with Gasteiger partial charge in [0.05, 0.1) is 17.0 Å². The summed E-state index contributed by atoms with van der Waals surface area (Å²) < 4.78 is 28.7. The molecule has 4 aromatic rings. The molecule has 3 aromatic carbocycles. The van der Waals surface area contributed by atoms with Gasteiger partial charge in [-0.3, -0.25) is 0 Å². The molecule has 0 fully saturated rings. The van der Waals surface area contributed by atoms with E-state index < -0.39 is 0 Å². The number of benzene rings is 3. The second-order valence-corrected chi connectivity index (χ2v) is 7.44. The molecule has 144 valence electrons. The van der Waals surface area contributed by atoms with Gasteiger partial charge in [-0.25, -0.2) is 13.8 Å². The lowest BCUT2D eigenvalue weighted by molar-refractivity contribution is 0.628. The Hall–Kier alpha value is -3.27. The van der Waals surface area contributed by atoms with Crippen LogP contribution in [-0.4, -0.2) is 9.97 Å². The molecule has 0 unspecified atom stereocenters. The van der Waals surface area contributed by atoms with E-state index in [1.54, 1.807) is 24.3 Å². The summed E-state index contributed by atoms with van der Waals surface area (Å²) in [6.45, 7) is 0. The van der Waals surface area contributed by atoms with Crippen LogP contribution in [0.3, 0.4) is 0 Å². The van der Waals surface area contributed by atoms with E-state index in [2.05, 4.69) is 11.1 Å². The Labute approximate surface area is 167 Å². The minimum atomic E-state index is -0.288. The Balaban J connectivity index is 1.69. The van der Waals surface area contributed by atoms with Crippen molar-refractivity contribution in [3.63, 3.8) is 0 Å². The van der Waals surface area contributed by atoms with E-state index in [9.17, 15) is 4.39 Å². The van der Waals surface area contributed by atoms with Gasteiger partial charge >= 0.3 is 0 Å². The highest BCUT2D eigenvalue weighted by Crippen LogP contribution is 2.36. The largest absolute Gasteiger partial charge is 0.338 e. The normalized spacial score (nSPS) is 14.2. The molecule has 0 aliphatic heterocycles. The number of imidazole rings is 1. The van der Waals surface area contributed by atoms with Gasteiger partial charge < -0.3 is 4.98 Å². The number of H-pyrrole nitrogens is 1. The fourth-order valence-corrected chi connectivity index (χ4v) is 4.03. The first-order valence-corrected chi connectivity index (χ1v) is 9.94. The lowest BCUT2D eigenvalue weighted by Gasteiger charge is -2.12. The maximum Gasteiger partial charge on any atom is 0.141 e. The van der Waals surface area contributed by atoms with E-state index in [1.807, 2.05) is 24.3 Å². The van der Waals surface area contributed by atoms with Crippen LogP contribution in [0.1, 0.15) is 31.4 Å². The van der Waals surface area contributed by atoms with Gasteiger partial charge in [0.15, 0.2) is 0 Å². The summed E-state index contributed by atoms with van der Waals surface area (Å²) in [5.41, 5.74) is 4.08. The zero-order valence-electron chi connectivity index (χ0n) is 15.9. The molecule has 0 radical (unpaired) electrons. The first kappa shape index (κ1) is 17.8. The summed E-state index contributed by atoms with van der Waals surface area (Å²) in [4.78, 5) is 8.14. The number of aromatic amines is 1. The molecule has 0 atom stereocenters. The zero-order valence-corrected chi connectivity index (χ0v) is 15.9. The monoisotopic (exact) mass is 386 g/mol. The molecule has 2 nitrogen and oxygen atoms in total. The number of rotatable bonds is 3. The van der Waals surface area contributed by atoms with E-state index in [0.29, 0.717) is 16.8 Å². The molecule has 1 N–H and O–H groups in total. The molecule has 1 aliphatic rings. The smallest absolute Gasteiger partial charge is 0.141 e. The van der Waals surface area contributed by atoms with Crippen LogP contribution in [0.25, 0.3) is 39.0 Å². The molecule has 1 aromatic heterocycles. The van der Waals surface area contributed by atoms with E-state index in [-0.39, 0.29) is 11.6 Å². The average molecular weight is 386 g/mol. The fraction of sp³-hybridized carbons (Fsp3) is 0.160. The summed E-state index contributed by atoms with van der Waals surface area (Å²) in [5, 5.41) is 1.43. The van der Waals surface area contributed by atoms with Crippen molar-refractivity contribution < 1.29 is 8.78 Å². The van der Waals surface area contributed by atoms with Gasteiger partial charge in [-0.15, -0.1) is 0 Å². The number of hydrogen-bond donors (Lipinski definition) is 1. The second kappa shape index (κ2) is 7.28. The van der Waals surface area contributed by atoms with Gasteiger partial charge in [0.2, 0.25) is 0 Å². The van der Waals surface area contributed by atoms with Crippen LogP contribution in [-0.2, 0) is 0 Å². The summed E-state index contributed by atoms with van der Waals surface area (Å²) in [7, 11) is 0. The first-order valence-electron chi connectivity index (χ1n) is 9.94. The van der Waals surface area contributed by atoms with Gasteiger partial charge in [-0.05, 0) is 67.0 Å². The lowest BCUT2D eigenvalue weighted by Crippen LogP contribution is -1.94. The van der Waals surface area contributed by atoms with Crippen molar-refractivity contribution in [1.29, 1.82) is 0 Å². The molecule has 4 heteroatoms. The van der Waals surface area contributed by atoms with Crippen molar-refractivity contribution >= 4 is 16.3 Å². The third-order valence-electron chi connectivity index (χ3n) is 5.55. The summed E-state index contributed by atoms with van der Waals surface area (Å²) in [6, 6.07) is 17.4. The third-order valence-corrected chi connectivity index (χ3v) is 5.55. The Morgan fingerprint density at radius 1 is 0.862 bits per heavy atom. The number of nitrogens with one attached hydrogen (secondary N) is 1. The van der Waals surface area contributed by atoms with Crippen LogP contribution in [0.2, 0.25) is 0 Å². The lowest BCUT2D eigenvalue weighted by atomic mass is 9.95. The van der Waals surface area contributed by atoms with Gasteiger partial charge in [-0.2, -0.15) is 0 Å². The maximum absolute atomic E-state index is 15.3. The minimum Gasteiger partial charge on any atom is -0.338 e. The predicted octanol–water partition coefficient (Wildman–Crippen LogP) is 7.13. The molecule has 0 spiro atoms. The first-order chi connectivity index (χ1) is 14.2. The van der Waals surface area contributed by atoms with Crippen LogP contribution in [0, 0.1) is 11.6 Å². The topological polar surface area (TPSA) is 28.7 Å². The van der Waals surface area contributed by atoms with Crippen molar-refractivity contribution in [2.24, 2.45) is 0 Å². The quantitative estimate of drug-likeness (QED) is 0.398. The standard InChI is InChI=1S/C25H20F2N2/c26-19-13-10-18(11-14-19)24-23(17-7-2-1-3-8-17)28-25(29-24)21-15-12-16-6-4-5-9-20(16)22(21)27/h4-7,9-15H,1-3,8H2,(H,28,29). The van der Waals surface area contributed by atoms with Crippen LogP contribution in [0.4, 0.5) is 8.78 Å². The Bertz CT molecular complexity index is 1220. The number of halogens is 2. The van der Waals surface area contributed by atoms with Crippen molar-refractivity contribution in [3.8, 4) is 22.6 Å². The highest BCUT2D eigenvalue weighted by Gasteiger charge is 2.20. The number of nitrogens with zero attached hydrogens (tertiary/aromatic N) is 1. The molecule has 0 amide bonds. The van der Waals surface area contributed by atoms with Crippen LogP contribution in [0.15, 0.2) is 66.7 Å². The third kappa shape index (κ3) is 3.25.